The smallest absolute Gasteiger partial charge is 0.283 e. The molecule has 1 aromatic heterocycles. The van der Waals surface area contributed by atoms with Crippen molar-refractivity contribution in [3.63, 3.8) is 0 Å². The van der Waals surface area contributed by atoms with Crippen molar-refractivity contribution < 1.29 is 27.2 Å². The van der Waals surface area contributed by atoms with Gasteiger partial charge in [-0.15, -0.1) is 0 Å². The van der Waals surface area contributed by atoms with Crippen LogP contribution in [0.4, 0.5) is 8.78 Å². The van der Waals surface area contributed by atoms with Crippen molar-refractivity contribution in [2.45, 2.75) is 19.0 Å². The molecule has 4 rings (SSSR count). The van der Waals surface area contributed by atoms with Gasteiger partial charge in [-0.05, 0) is 59.0 Å². The number of nitrogens with zero attached hydrogens (tertiary/aromatic N) is 3. The van der Waals surface area contributed by atoms with Gasteiger partial charge in [-0.2, -0.15) is 17.0 Å². The Morgan fingerprint density at radius 2 is 1.75 bits per heavy atom. The van der Waals surface area contributed by atoms with Crippen molar-refractivity contribution in [1.29, 1.82) is 0 Å². The minimum atomic E-state index is -4.28. The van der Waals surface area contributed by atoms with Crippen LogP contribution in [-0.4, -0.2) is 46.2 Å². The highest BCUT2D eigenvalue weighted by atomic mass is 32.2. The number of nitrogens with one attached hydrogen (secondary N) is 1. The Bertz CT molecular complexity index is 1330. The van der Waals surface area contributed by atoms with Crippen LogP contribution in [-0.2, 0) is 21.5 Å². The van der Waals surface area contributed by atoms with Gasteiger partial charge in [0.1, 0.15) is 17.7 Å². The number of carbonyl (C=O) groups excluding carboxylic acids is 1. The van der Waals surface area contributed by atoms with Crippen LogP contribution < -0.4 is 5.48 Å². The molecule has 1 aliphatic rings. The summed E-state index contributed by atoms with van der Waals surface area (Å²) < 4.78 is 56.8. The zero-order valence-electron chi connectivity index (χ0n) is 19.1. The molecule has 36 heavy (non-hydrogen) atoms. The van der Waals surface area contributed by atoms with Gasteiger partial charge in [-0.25, -0.2) is 14.3 Å². The summed E-state index contributed by atoms with van der Waals surface area (Å²) in [7, 11) is -4.28. The molecule has 1 amide bonds. The predicted octanol–water partition coefficient (Wildman–Crippen LogP) is 3.44. The van der Waals surface area contributed by atoms with Gasteiger partial charge in [0.15, 0.2) is 0 Å². The molecule has 188 valence electrons. The third-order valence-corrected chi connectivity index (χ3v) is 7.82. The Morgan fingerprint density at radius 1 is 1.08 bits per heavy atom. The Morgan fingerprint density at radius 3 is 2.31 bits per heavy atom. The second-order valence-corrected chi connectivity index (χ2v) is 10.1. The zero-order chi connectivity index (χ0) is 25.7. The highest BCUT2D eigenvalue weighted by Gasteiger charge is 2.40. The number of hydrogen-bond donors (Lipinski definition) is 2. The molecular weight excluding hydrogens is 490 g/mol. The van der Waals surface area contributed by atoms with Crippen LogP contribution in [0.3, 0.4) is 0 Å². The Kier molecular flexibility index (Phi) is 7.85. The van der Waals surface area contributed by atoms with E-state index >= 15 is 0 Å². The fourth-order valence-corrected chi connectivity index (χ4v) is 5.74. The van der Waals surface area contributed by atoms with E-state index < -0.39 is 28.0 Å². The normalized spacial score (nSPS) is 15.4. The molecule has 0 radical (unpaired) electrons. The average Bonchev–Trinajstić information content (AvgIpc) is 2.90. The summed E-state index contributed by atoms with van der Waals surface area (Å²) in [5.41, 5.74) is 3.90. The van der Waals surface area contributed by atoms with Crippen LogP contribution in [0.2, 0.25) is 0 Å². The zero-order valence-corrected chi connectivity index (χ0v) is 19.9. The fraction of sp³-hybridized carbons (Fsp3) is 0.200. The standard InChI is InChI=1S/C25H24F2N4O4S/c26-22-7-3-19(4-8-22)20-11-14-30(15-12-20)36(34,35)31(17-18-2-1-13-28-16-18)24(25(32)29-33)21-5-9-23(27)10-6-21/h1-11,13,16,24,33H,12,14-15,17H2,(H,29,32). The number of carbonyl (C=O) groups is 1. The lowest BCUT2D eigenvalue weighted by Crippen LogP contribution is -2.50. The van der Waals surface area contributed by atoms with E-state index in [0.717, 1.165) is 27.6 Å². The summed E-state index contributed by atoms with van der Waals surface area (Å²) >= 11 is 0. The number of pyridine rings is 1. The molecular formula is C25H24F2N4O4S. The van der Waals surface area contributed by atoms with Crippen LogP contribution in [0, 0.1) is 11.6 Å². The highest BCUT2D eigenvalue weighted by Crippen LogP contribution is 2.31. The van der Waals surface area contributed by atoms with E-state index in [-0.39, 0.29) is 31.0 Å². The molecule has 2 aromatic carbocycles. The number of amides is 1. The third kappa shape index (κ3) is 5.65. The summed E-state index contributed by atoms with van der Waals surface area (Å²) in [5, 5.41) is 9.44. The van der Waals surface area contributed by atoms with E-state index in [1.54, 1.807) is 30.3 Å². The van der Waals surface area contributed by atoms with Crippen molar-refractivity contribution in [3.05, 3.63) is 107 Å². The molecule has 11 heteroatoms. The van der Waals surface area contributed by atoms with Gasteiger partial charge in [-0.1, -0.05) is 36.4 Å². The lowest BCUT2D eigenvalue weighted by atomic mass is 10.0. The van der Waals surface area contributed by atoms with Gasteiger partial charge in [0.05, 0.1) is 0 Å². The van der Waals surface area contributed by atoms with E-state index in [9.17, 15) is 27.2 Å². The molecule has 1 aliphatic heterocycles. The monoisotopic (exact) mass is 514 g/mol. The Labute approximate surface area is 207 Å². The van der Waals surface area contributed by atoms with Gasteiger partial charge in [0.25, 0.3) is 16.1 Å². The van der Waals surface area contributed by atoms with Crippen molar-refractivity contribution in [2.75, 3.05) is 13.1 Å². The minimum absolute atomic E-state index is 0.0233. The third-order valence-electron chi connectivity index (χ3n) is 5.90. The first-order chi connectivity index (χ1) is 17.3. The summed E-state index contributed by atoms with van der Waals surface area (Å²) in [6.45, 7) is -0.0852. The van der Waals surface area contributed by atoms with Crippen molar-refractivity contribution in [3.8, 4) is 0 Å². The number of hydroxylamine groups is 1. The van der Waals surface area contributed by atoms with Gasteiger partial charge >= 0.3 is 0 Å². The summed E-state index contributed by atoms with van der Waals surface area (Å²) in [5.74, 6) is -1.91. The molecule has 2 heterocycles. The van der Waals surface area contributed by atoms with Crippen molar-refractivity contribution >= 4 is 21.7 Å². The van der Waals surface area contributed by atoms with Crippen LogP contribution in [0.25, 0.3) is 5.57 Å². The fourth-order valence-electron chi connectivity index (χ4n) is 4.07. The van der Waals surface area contributed by atoms with E-state index in [1.165, 1.54) is 46.4 Å². The molecule has 0 saturated heterocycles. The quantitative estimate of drug-likeness (QED) is 0.354. The van der Waals surface area contributed by atoms with E-state index in [0.29, 0.717) is 12.0 Å². The SMILES string of the molecule is O=C(NO)C(c1ccc(F)cc1)N(Cc1cccnc1)S(=O)(=O)N1CC=C(c2ccc(F)cc2)CC1. The average molecular weight is 515 g/mol. The molecule has 8 nitrogen and oxygen atoms in total. The number of aromatic nitrogens is 1. The van der Waals surface area contributed by atoms with Crippen LogP contribution in [0.5, 0.6) is 0 Å². The highest BCUT2D eigenvalue weighted by molar-refractivity contribution is 7.86. The second-order valence-electron chi connectivity index (χ2n) is 8.19. The molecule has 0 bridgehead atoms. The molecule has 0 fully saturated rings. The molecule has 1 atom stereocenters. The van der Waals surface area contributed by atoms with Gasteiger partial charge in [0, 0.05) is 32.0 Å². The van der Waals surface area contributed by atoms with E-state index in [1.807, 2.05) is 0 Å². The maximum absolute atomic E-state index is 13.9. The molecule has 1 unspecified atom stereocenters. The lowest BCUT2D eigenvalue weighted by Gasteiger charge is -2.35. The number of rotatable bonds is 8. The molecule has 2 N–H and O–H groups in total. The van der Waals surface area contributed by atoms with E-state index in [2.05, 4.69) is 4.98 Å². The molecule has 0 spiro atoms. The van der Waals surface area contributed by atoms with Crippen LogP contribution in [0.15, 0.2) is 79.1 Å². The molecule has 0 saturated carbocycles. The number of hydrogen-bond acceptors (Lipinski definition) is 5. The largest absolute Gasteiger partial charge is 0.289 e. The molecule has 0 aliphatic carbocycles. The molecule has 3 aromatic rings. The van der Waals surface area contributed by atoms with Crippen molar-refractivity contribution in [1.82, 2.24) is 19.1 Å². The first-order valence-electron chi connectivity index (χ1n) is 11.1. The summed E-state index contributed by atoms with van der Waals surface area (Å²) in [6.07, 6.45) is 5.13. The first kappa shape index (κ1) is 25.6. The van der Waals surface area contributed by atoms with Gasteiger partial charge < -0.3 is 0 Å². The predicted molar refractivity (Wildman–Crippen MR) is 128 cm³/mol. The van der Waals surface area contributed by atoms with E-state index in [4.69, 9.17) is 0 Å². The Balaban J connectivity index is 1.70. The summed E-state index contributed by atoms with van der Waals surface area (Å²) in [6, 6.07) is 12.6. The maximum Gasteiger partial charge on any atom is 0.283 e. The maximum atomic E-state index is 13.9. The Hall–Kier alpha value is -3.51. The number of benzene rings is 2. The van der Waals surface area contributed by atoms with Gasteiger partial charge in [-0.3, -0.25) is 15.0 Å². The lowest BCUT2D eigenvalue weighted by molar-refractivity contribution is -0.133. The topological polar surface area (TPSA) is 103 Å². The minimum Gasteiger partial charge on any atom is -0.289 e. The number of halogens is 2. The second kappa shape index (κ2) is 11.0. The van der Waals surface area contributed by atoms with Crippen molar-refractivity contribution in [2.24, 2.45) is 0 Å². The van der Waals surface area contributed by atoms with Gasteiger partial charge in [0.2, 0.25) is 0 Å². The van der Waals surface area contributed by atoms with Crippen LogP contribution >= 0.6 is 0 Å². The van der Waals surface area contributed by atoms with Crippen LogP contribution in [0.1, 0.15) is 29.2 Å². The summed E-state index contributed by atoms with van der Waals surface area (Å²) in [4.78, 5) is 16.8. The first-order valence-corrected chi connectivity index (χ1v) is 12.5.